The molecule has 1 unspecified atom stereocenters. The zero-order valence-corrected chi connectivity index (χ0v) is 16.6. The lowest BCUT2D eigenvalue weighted by Crippen LogP contribution is -2.47. The van der Waals surface area contributed by atoms with Crippen molar-refractivity contribution in [2.45, 2.75) is 38.7 Å². The third-order valence-electron chi connectivity index (χ3n) is 5.92. The van der Waals surface area contributed by atoms with Gasteiger partial charge in [0.2, 0.25) is 11.9 Å². The maximum Gasteiger partial charge on any atom is 0.226 e. The molecule has 1 amide bonds. The van der Waals surface area contributed by atoms with E-state index in [-0.39, 0.29) is 17.9 Å². The van der Waals surface area contributed by atoms with E-state index in [1.54, 1.807) is 7.11 Å². The first-order valence-electron chi connectivity index (χ1n) is 10.1. The summed E-state index contributed by atoms with van der Waals surface area (Å²) < 4.78 is 5.32. The number of aliphatic hydroxyl groups excluding tert-OH is 1. The SMILES string of the molecule is COc1ccc2c(C)nc(N3CCC(C(=O)N4CCCC(O)C4)CC3)nc2c1. The van der Waals surface area contributed by atoms with Gasteiger partial charge in [-0.05, 0) is 44.7 Å². The second-order valence-electron chi connectivity index (χ2n) is 7.83. The topological polar surface area (TPSA) is 78.8 Å². The summed E-state index contributed by atoms with van der Waals surface area (Å²) in [6.07, 6.45) is 2.91. The van der Waals surface area contributed by atoms with Crippen LogP contribution in [-0.2, 0) is 4.79 Å². The van der Waals surface area contributed by atoms with Crippen molar-refractivity contribution < 1.29 is 14.6 Å². The smallest absolute Gasteiger partial charge is 0.226 e. The van der Waals surface area contributed by atoms with E-state index in [0.717, 1.165) is 73.6 Å². The molecule has 0 radical (unpaired) electrons. The average Bonchev–Trinajstić information content (AvgIpc) is 2.73. The molecule has 2 aliphatic heterocycles. The third kappa shape index (κ3) is 3.76. The molecule has 4 rings (SSSR count). The van der Waals surface area contributed by atoms with Crippen molar-refractivity contribution in [3.8, 4) is 5.75 Å². The molecule has 1 aromatic carbocycles. The minimum atomic E-state index is -0.372. The van der Waals surface area contributed by atoms with E-state index in [0.29, 0.717) is 6.54 Å². The Bertz CT molecular complexity index is 864. The lowest BCUT2D eigenvalue weighted by atomic mass is 9.94. The van der Waals surface area contributed by atoms with E-state index in [1.165, 1.54) is 0 Å². The molecule has 2 saturated heterocycles. The summed E-state index contributed by atoms with van der Waals surface area (Å²) in [4.78, 5) is 26.2. The number of methoxy groups -OCH3 is 1. The van der Waals surface area contributed by atoms with Crippen molar-refractivity contribution in [1.82, 2.24) is 14.9 Å². The third-order valence-corrected chi connectivity index (χ3v) is 5.92. The van der Waals surface area contributed by atoms with Gasteiger partial charge in [0.05, 0.1) is 24.4 Å². The maximum absolute atomic E-state index is 12.8. The number of likely N-dealkylation sites (tertiary alicyclic amines) is 1. The van der Waals surface area contributed by atoms with Crippen molar-refractivity contribution in [2.75, 3.05) is 38.2 Å². The second kappa shape index (κ2) is 7.91. The van der Waals surface area contributed by atoms with E-state index in [2.05, 4.69) is 4.90 Å². The molecule has 7 heteroatoms. The molecule has 0 bridgehead atoms. The zero-order chi connectivity index (χ0) is 19.7. The number of hydrogen-bond acceptors (Lipinski definition) is 6. The number of anilines is 1. The number of benzene rings is 1. The van der Waals surface area contributed by atoms with Crippen LogP contribution in [0.4, 0.5) is 5.95 Å². The lowest BCUT2D eigenvalue weighted by molar-refractivity contribution is -0.139. The van der Waals surface area contributed by atoms with Crippen LogP contribution < -0.4 is 9.64 Å². The molecule has 1 N–H and O–H groups in total. The van der Waals surface area contributed by atoms with Crippen LogP contribution in [0.2, 0.25) is 0 Å². The number of carbonyl (C=O) groups excluding carboxylic acids is 1. The summed E-state index contributed by atoms with van der Waals surface area (Å²) in [6.45, 7) is 4.78. The number of aromatic nitrogens is 2. The highest BCUT2D eigenvalue weighted by molar-refractivity contribution is 5.83. The maximum atomic E-state index is 12.8. The predicted molar refractivity (Wildman–Crippen MR) is 108 cm³/mol. The van der Waals surface area contributed by atoms with Gasteiger partial charge < -0.3 is 19.6 Å². The Hall–Kier alpha value is -2.41. The van der Waals surface area contributed by atoms with E-state index in [1.807, 2.05) is 30.0 Å². The Balaban J connectivity index is 1.45. The highest BCUT2D eigenvalue weighted by Crippen LogP contribution is 2.27. The number of amides is 1. The van der Waals surface area contributed by atoms with E-state index < -0.39 is 0 Å². The minimum Gasteiger partial charge on any atom is -0.497 e. The van der Waals surface area contributed by atoms with Gasteiger partial charge in [-0.2, -0.15) is 0 Å². The summed E-state index contributed by atoms with van der Waals surface area (Å²) in [5, 5.41) is 10.9. The van der Waals surface area contributed by atoms with Gasteiger partial charge in [0.1, 0.15) is 5.75 Å². The molecular formula is C21H28N4O3. The number of rotatable bonds is 3. The van der Waals surface area contributed by atoms with Crippen LogP contribution in [-0.4, -0.2) is 65.3 Å². The standard InChI is InChI=1S/C21H28N4O3/c1-14-18-6-5-17(28-2)12-19(18)23-21(22-14)24-10-7-15(8-11-24)20(27)25-9-3-4-16(26)13-25/h5-6,12,15-16,26H,3-4,7-11,13H2,1-2H3. The van der Waals surface area contributed by atoms with Gasteiger partial charge in [0.15, 0.2) is 0 Å². The molecule has 0 aliphatic carbocycles. The number of ether oxygens (including phenoxy) is 1. The number of nitrogens with zero attached hydrogens (tertiary/aromatic N) is 4. The molecule has 2 aliphatic rings. The minimum absolute atomic E-state index is 0.0307. The quantitative estimate of drug-likeness (QED) is 0.874. The molecule has 1 atom stereocenters. The lowest BCUT2D eigenvalue weighted by Gasteiger charge is -2.36. The highest BCUT2D eigenvalue weighted by atomic mass is 16.5. The number of piperidine rings is 2. The second-order valence-corrected chi connectivity index (χ2v) is 7.83. The van der Waals surface area contributed by atoms with Crippen molar-refractivity contribution >= 4 is 22.8 Å². The number of aliphatic hydroxyl groups is 1. The Morgan fingerprint density at radius 2 is 1.96 bits per heavy atom. The molecular weight excluding hydrogens is 356 g/mol. The Morgan fingerprint density at radius 1 is 1.18 bits per heavy atom. The molecule has 2 aromatic rings. The molecule has 1 aromatic heterocycles. The number of aryl methyl sites for hydroxylation is 1. The monoisotopic (exact) mass is 384 g/mol. The van der Waals surface area contributed by atoms with Gasteiger partial charge in [-0.15, -0.1) is 0 Å². The van der Waals surface area contributed by atoms with Gasteiger partial charge in [0.25, 0.3) is 0 Å². The van der Waals surface area contributed by atoms with Crippen LogP contribution in [0.1, 0.15) is 31.4 Å². The van der Waals surface area contributed by atoms with Gasteiger partial charge >= 0.3 is 0 Å². The first-order chi connectivity index (χ1) is 13.5. The van der Waals surface area contributed by atoms with Crippen LogP contribution in [0, 0.1) is 12.8 Å². The van der Waals surface area contributed by atoms with Gasteiger partial charge in [-0.25, -0.2) is 9.97 Å². The molecule has 3 heterocycles. The number of β-amino-alcohol motifs (C(OH)–C–C–N with tert-alkyl or cyclic N) is 1. The normalized spacial score (nSPS) is 21.2. The molecule has 2 fully saturated rings. The van der Waals surface area contributed by atoms with Crippen molar-refractivity contribution in [3.05, 3.63) is 23.9 Å². The van der Waals surface area contributed by atoms with Gasteiger partial charge in [0, 0.05) is 43.5 Å². The fourth-order valence-electron chi connectivity index (χ4n) is 4.26. The molecule has 7 nitrogen and oxygen atoms in total. The number of hydrogen-bond donors (Lipinski definition) is 1. The van der Waals surface area contributed by atoms with E-state index >= 15 is 0 Å². The van der Waals surface area contributed by atoms with Crippen LogP contribution in [0.15, 0.2) is 18.2 Å². The molecule has 0 saturated carbocycles. The van der Waals surface area contributed by atoms with E-state index in [9.17, 15) is 9.90 Å². The first-order valence-corrected chi connectivity index (χ1v) is 10.1. The zero-order valence-electron chi connectivity index (χ0n) is 16.6. The highest BCUT2D eigenvalue weighted by Gasteiger charge is 2.31. The molecule has 150 valence electrons. The first kappa shape index (κ1) is 18.9. The van der Waals surface area contributed by atoms with Crippen molar-refractivity contribution in [3.63, 3.8) is 0 Å². The van der Waals surface area contributed by atoms with Crippen molar-refractivity contribution in [2.24, 2.45) is 5.92 Å². The summed E-state index contributed by atoms with van der Waals surface area (Å²) in [5.74, 6) is 1.73. The Morgan fingerprint density at radius 3 is 2.68 bits per heavy atom. The number of fused-ring (bicyclic) bond motifs is 1. The fraction of sp³-hybridized carbons (Fsp3) is 0.571. The Labute approximate surface area is 165 Å². The summed E-state index contributed by atoms with van der Waals surface area (Å²) >= 11 is 0. The molecule has 0 spiro atoms. The Kier molecular flexibility index (Phi) is 5.35. The molecule has 28 heavy (non-hydrogen) atoms. The van der Waals surface area contributed by atoms with Gasteiger partial charge in [-0.1, -0.05) is 0 Å². The number of carbonyl (C=O) groups is 1. The van der Waals surface area contributed by atoms with Crippen LogP contribution >= 0.6 is 0 Å². The van der Waals surface area contributed by atoms with Gasteiger partial charge in [-0.3, -0.25) is 4.79 Å². The summed E-state index contributed by atoms with van der Waals surface area (Å²) in [5.41, 5.74) is 1.82. The van der Waals surface area contributed by atoms with Crippen LogP contribution in [0.25, 0.3) is 10.9 Å². The predicted octanol–water partition coefficient (Wildman–Crippen LogP) is 2.15. The fourth-order valence-corrected chi connectivity index (χ4v) is 4.26. The van der Waals surface area contributed by atoms with E-state index in [4.69, 9.17) is 14.7 Å². The largest absolute Gasteiger partial charge is 0.497 e. The summed E-state index contributed by atoms with van der Waals surface area (Å²) in [6, 6.07) is 5.85. The van der Waals surface area contributed by atoms with Crippen LogP contribution in [0.3, 0.4) is 0 Å². The van der Waals surface area contributed by atoms with Crippen molar-refractivity contribution in [1.29, 1.82) is 0 Å². The summed E-state index contributed by atoms with van der Waals surface area (Å²) in [7, 11) is 1.65. The average molecular weight is 384 g/mol. The van der Waals surface area contributed by atoms with Crippen LogP contribution in [0.5, 0.6) is 5.75 Å².